The van der Waals surface area contributed by atoms with Gasteiger partial charge >= 0.3 is 0 Å². The minimum Gasteiger partial charge on any atom is -0.384 e. The summed E-state index contributed by atoms with van der Waals surface area (Å²) in [6.07, 6.45) is 5.45. The zero-order valence-electron chi connectivity index (χ0n) is 15.4. The first-order valence-corrected chi connectivity index (χ1v) is 8.77. The van der Waals surface area contributed by atoms with E-state index < -0.39 is 0 Å². The molecule has 3 heterocycles. The molecular weight excluding hydrogens is 332 g/mol. The largest absolute Gasteiger partial charge is 0.384 e. The molecule has 0 spiro atoms. The van der Waals surface area contributed by atoms with Gasteiger partial charge in [-0.3, -0.25) is 9.78 Å². The van der Waals surface area contributed by atoms with E-state index in [9.17, 15) is 4.79 Å². The molecule has 1 N–H and O–H groups in total. The molecule has 1 atom stereocenters. The maximum absolute atomic E-state index is 12.5. The zero-order valence-corrected chi connectivity index (χ0v) is 15.4. The normalized spacial score (nSPS) is 16.7. The lowest BCUT2D eigenvalue weighted by molar-refractivity contribution is -0.133. The van der Waals surface area contributed by atoms with Crippen molar-refractivity contribution in [1.82, 2.24) is 24.8 Å². The second-order valence-corrected chi connectivity index (χ2v) is 6.38. The van der Waals surface area contributed by atoms with Gasteiger partial charge in [0.15, 0.2) is 5.82 Å². The lowest BCUT2D eigenvalue weighted by atomic mass is 10.1. The van der Waals surface area contributed by atoms with Gasteiger partial charge in [0, 0.05) is 37.4 Å². The number of carbonyl (C=O) groups is 1. The van der Waals surface area contributed by atoms with Crippen LogP contribution in [-0.4, -0.2) is 51.0 Å². The van der Waals surface area contributed by atoms with Crippen LogP contribution in [0.5, 0.6) is 0 Å². The van der Waals surface area contributed by atoms with Gasteiger partial charge in [-0.05, 0) is 32.8 Å². The van der Waals surface area contributed by atoms with E-state index in [1.807, 2.05) is 24.8 Å². The predicted molar refractivity (Wildman–Crippen MR) is 97.0 cm³/mol. The Morgan fingerprint density at radius 1 is 1.27 bits per heavy atom. The number of amides is 1. The third-order valence-electron chi connectivity index (χ3n) is 4.35. The molecule has 0 bridgehead atoms. The molecule has 3 rings (SSSR count). The third-order valence-corrected chi connectivity index (χ3v) is 4.35. The lowest BCUT2D eigenvalue weighted by Crippen LogP contribution is -2.32. The first-order chi connectivity index (χ1) is 12.6. The number of nitrogens with zero attached hydrogens (tertiary/aromatic N) is 5. The van der Waals surface area contributed by atoms with Gasteiger partial charge in [0.25, 0.3) is 0 Å². The molecule has 2 aromatic rings. The Balaban J connectivity index is 1.85. The molecule has 0 unspecified atom stereocenters. The number of ether oxygens (including phenoxy) is 1. The van der Waals surface area contributed by atoms with E-state index in [-0.39, 0.29) is 11.9 Å². The highest BCUT2D eigenvalue weighted by molar-refractivity contribution is 5.77. The number of likely N-dealkylation sites (tertiary alicyclic amines) is 1. The quantitative estimate of drug-likeness (QED) is 0.849. The number of nitrogens with one attached hydrogen (secondary N) is 1. The van der Waals surface area contributed by atoms with Crippen molar-refractivity contribution >= 4 is 17.7 Å². The number of rotatable bonds is 6. The number of carbonyl (C=O) groups excluding carboxylic acids is 1. The molecule has 1 saturated heterocycles. The standard InChI is InChI=1S/C18H24N6O2/c1-12-11-13(2)22-18(21-12)23-17-16(19-7-8-20-17)14-5-4-9-24(14)15(25)6-10-26-3/h7-8,11,14H,4-6,9-10H2,1-3H3,(H,20,21,22,23)/t14-/m1/s1. The van der Waals surface area contributed by atoms with Crippen molar-refractivity contribution in [3.8, 4) is 0 Å². The number of hydrogen-bond acceptors (Lipinski definition) is 7. The van der Waals surface area contributed by atoms with Gasteiger partial charge in [0.2, 0.25) is 11.9 Å². The maximum Gasteiger partial charge on any atom is 0.228 e. The fraction of sp³-hybridized carbons (Fsp3) is 0.500. The van der Waals surface area contributed by atoms with Crippen molar-refractivity contribution in [2.45, 2.75) is 39.2 Å². The molecule has 8 heteroatoms. The van der Waals surface area contributed by atoms with Crippen molar-refractivity contribution in [3.63, 3.8) is 0 Å². The summed E-state index contributed by atoms with van der Waals surface area (Å²) in [5.41, 5.74) is 2.50. The number of methoxy groups -OCH3 is 1. The second-order valence-electron chi connectivity index (χ2n) is 6.38. The number of aryl methyl sites for hydroxylation is 2. The smallest absolute Gasteiger partial charge is 0.228 e. The van der Waals surface area contributed by atoms with E-state index in [0.717, 1.165) is 36.5 Å². The van der Waals surface area contributed by atoms with Crippen molar-refractivity contribution in [2.75, 3.05) is 25.6 Å². The highest BCUT2D eigenvalue weighted by atomic mass is 16.5. The van der Waals surface area contributed by atoms with E-state index in [2.05, 4.69) is 25.3 Å². The second kappa shape index (κ2) is 8.18. The summed E-state index contributed by atoms with van der Waals surface area (Å²) >= 11 is 0. The topological polar surface area (TPSA) is 93.1 Å². The Morgan fingerprint density at radius 3 is 2.73 bits per heavy atom. The highest BCUT2D eigenvalue weighted by Gasteiger charge is 2.32. The first kappa shape index (κ1) is 18.2. The van der Waals surface area contributed by atoms with Crippen LogP contribution in [0.4, 0.5) is 11.8 Å². The van der Waals surface area contributed by atoms with E-state index >= 15 is 0 Å². The maximum atomic E-state index is 12.5. The summed E-state index contributed by atoms with van der Waals surface area (Å²) in [4.78, 5) is 32.1. The molecule has 0 saturated carbocycles. The van der Waals surface area contributed by atoms with Crippen molar-refractivity contribution < 1.29 is 9.53 Å². The lowest BCUT2D eigenvalue weighted by Gasteiger charge is -2.25. The fourth-order valence-electron chi connectivity index (χ4n) is 3.26. The van der Waals surface area contributed by atoms with Gasteiger partial charge in [-0.25, -0.2) is 15.0 Å². The van der Waals surface area contributed by atoms with E-state index in [1.165, 1.54) is 0 Å². The van der Waals surface area contributed by atoms with Crippen LogP contribution in [0.1, 0.15) is 42.4 Å². The van der Waals surface area contributed by atoms with Crippen LogP contribution >= 0.6 is 0 Å². The highest BCUT2D eigenvalue weighted by Crippen LogP contribution is 2.34. The molecule has 1 aliphatic rings. The number of hydrogen-bond donors (Lipinski definition) is 1. The molecule has 138 valence electrons. The molecule has 8 nitrogen and oxygen atoms in total. The van der Waals surface area contributed by atoms with Gasteiger partial charge in [0.1, 0.15) is 5.69 Å². The third kappa shape index (κ3) is 4.13. The monoisotopic (exact) mass is 356 g/mol. The predicted octanol–water partition coefficient (Wildman–Crippen LogP) is 2.33. The van der Waals surface area contributed by atoms with Crippen LogP contribution in [0.2, 0.25) is 0 Å². The Morgan fingerprint density at radius 2 is 2.00 bits per heavy atom. The Kier molecular flexibility index (Phi) is 5.72. The summed E-state index contributed by atoms with van der Waals surface area (Å²) in [6.45, 7) is 4.99. The summed E-state index contributed by atoms with van der Waals surface area (Å²) in [5.74, 6) is 1.15. The molecule has 0 radical (unpaired) electrons. The SMILES string of the molecule is COCCC(=O)N1CCC[C@@H]1c1nccnc1Nc1nc(C)cc(C)n1. The van der Waals surface area contributed by atoms with Crippen molar-refractivity contribution in [2.24, 2.45) is 0 Å². The van der Waals surface area contributed by atoms with E-state index in [0.29, 0.717) is 24.8 Å². The molecule has 1 aliphatic heterocycles. The summed E-state index contributed by atoms with van der Waals surface area (Å²) in [7, 11) is 1.60. The van der Waals surface area contributed by atoms with Gasteiger partial charge in [-0.2, -0.15) is 0 Å². The summed E-state index contributed by atoms with van der Waals surface area (Å²) in [5, 5.41) is 3.18. The van der Waals surface area contributed by atoms with Gasteiger partial charge in [-0.15, -0.1) is 0 Å². The van der Waals surface area contributed by atoms with Gasteiger partial charge in [-0.1, -0.05) is 0 Å². The number of aromatic nitrogens is 4. The Labute approximate surface area is 153 Å². The average Bonchev–Trinajstić information content (AvgIpc) is 3.09. The van der Waals surface area contributed by atoms with Crippen LogP contribution in [0.3, 0.4) is 0 Å². The molecule has 0 aromatic carbocycles. The van der Waals surface area contributed by atoms with Crippen LogP contribution in [0.25, 0.3) is 0 Å². The zero-order chi connectivity index (χ0) is 18.5. The molecule has 26 heavy (non-hydrogen) atoms. The van der Waals surface area contributed by atoms with Crippen molar-refractivity contribution in [3.05, 3.63) is 35.5 Å². The summed E-state index contributed by atoms with van der Waals surface area (Å²) < 4.78 is 5.03. The van der Waals surface area contributed by atoms with Crippen LogP contribution < -0.4 is 5.32 Å². The van der Waals surface area contributed by atoms with Crippen molar-refractivity contribution in [1.29, 1.82) is 0 Å². The molecule has 0 aliphatic carbocycles. The van der Waals surface area contributed by atoms with Crippen LogP contribution in [-0.2, 0) is 9.53 Å². The van der Waals surface area contributed by atoms with Gasteiger partial charge < -0.3 is 15.0 Å². The first-order valence-electron chi connectivity index (χ1n) is 8.77. The average molecular weight is 356 g/mol. The fourth-order valence-corrected chi connectivity index (χ4v) is 3.26. The van der Waals surface area contributed by atoms with E-state index in [1.54, 1.807) is 19.5 Å². The minimum absolute atomic E-state index is 0.0774. The Hall–Kier alpha value is -2.61. The van der Waals surface area contributed by atoms with E-state index in [4.69, 9.17) is 4.74 Å². The summed E-state index contributed by atoms with van der Waals surface area (Å²) in [6, 6.07) is 1.82. The number of anilines is 2. The Bertz CT molecular complexity index is 762. The molecule has 1 fully saturated rings. The van der Waals surface area contributed by atoms with Crippen LogP contribution in [0.15, 0.2) is 18.5 Å². The van der Waals surface area contributed by atoms with Gasteiger partial charge in [0.05, 0.1) is 19.1 Å². The molecule has 1 amide bonds. The minimum atomic E-state index is -0.0959. The molecular formula is C18H24N6O2. The van der Waals surface area contributed by atoms with Crippen LogP contribution in [0, 0.1) is 13.8 Å². The molecule has 2 aromatic heterocycles.